The van der Waals surface area contributed by atoms with E-state index in [2.05, 4.69) is 13.8 Å². The molecule has 6 nitrogen and oxygen atoms in total. The molecule has 2 rings (SSSR count). The highest BCUT2D eigenvalue weighted by Crippen LogP contribution is 2.37. The lowest BCUT2D eigenvalue weighted by Crippen LogP contribution is -2.19. The summed E-state index contributed by atoms with van der Waals surface area (Å²) in [5.74, 6) is -1.28. The molecule has 1 aromatic carbocycles. The van der Waals surface area contributed by atoms with Crippen LogP contribution < -0.4 is 0 Å². The van der Waals surface area contributed by atoms with Gasteiger partial charge in [0.1, 0.15) is 5.82 Å². The van der Waals surface area contributed by atoms with Crippen LogP contribution >= 0.6 is 0 Å². The van der Waals surface area contributed by atoms with E-state index in [0.717, 1.165) is 33.6 Å². The van der Waals surface area contributed by atoms with Crippen molar-refractivity contribution in [1.29, 1.82) is 0 Å². The van der Waals surface area contributed by atoms with Crippen molar-refractivity contribution in [3.63, 3.8) is 0 Å². The minimum Gasteiger partial charge on any atom is -0.481 e. The Morgan fingerprint density at radius 1 is 1.09 bits per heavy atom. The van der Waals surface area contributed by atoms with Gasteiger partial charge in [-0.3, -0.25) is 9.78 Å². The molecule has 180 valence electrons. The summed E-state index contributed by atoms with van der Waals surface area (Å²) in [6.45, 7) is 8.49. The van der Waals surface area contributed by atoms with E-state index in [4.69, 9.17) is 14.8 Å². The second-order valence-electron chi connectivity index (χ2n) is 8.81. The van der Waals surface area contributed by atoms with Gasteiger partial charge >= 0.3 is 5.97 Å². The maximum absolute atomic E-state index is 13.7. The van der Waals surface area contributed by atoms with Gasteiger partial charge < -0.3 is 20.1 Å². The van der Waals surface area contributed by atoms with Crippen LogP contribution in [0.2, 0.25) is 0 Å². The number of carbonyl (C=O) groups is 1. The zero-order valence-corrected chi connectivity index (χ0v) is 19.9. The van der Waals surface area contributed by atoms with Gasteiger partial charge in [-0.2, -0.15) is 0 Å². The number of ether oxygens (including phenoxy) is 1. The molecular formula is C26H34FNO5. The molecule has 0 amide bonds. The van der Waals surface area contributed by atoms with Crippen molar-refractivity contribution in [2.45, 2.75) is 71.2 Å². The molecule has 3 N–H and O–H groups in total. The van der Waals surface area contributed by atoms with E-state index in [1.807, 2.05) is 13.8 Å². The van der Waals surface area contributed by atoms with Crippen LogP contribution in [-0.2, 0) is 16.1 Å². The number of carboxylic acid groups (broad SMARTS) is 1. The molecule has 7 heteroatoms. The number of aliphatic hydroxyl groups excluding tert-OH is 2. The largest absolute Gasteiger partial charge is 0.481 e. The molecule has 0 aliphatic heterocycles. The summed E-state index contributed by atoms with van der Waals surface area (Å²) in [5, 5.41) is 29.1. The fraction of sp³-hybridized carbons (Fsp3) is 0.462. The first-order chi connectivity index (χ1) is 15.5. The zero-order chi connectivity index (χ0) is 24.7. The second-order valence-corrected chi connectivity index (χ2v) is 8.81. The lowest BCUT2D eigenvalue weighted by atomic mass is 9.87. The number of hydrogen-bond acceptors (Lipinski definition) is 5. The zero-order valence-electron chi connectivity index (χ0n) is 19.9. The lowest BCUT2D eigenvalue weighted by Gasteiger charge is -2.23. The van der Waals surface area contributed by atoms with Gasteiger partial charge in [0, 0.05) is 30.4 Å². The number of halogens is 1. The third-order valence-electron chi connectivity index (χ3n) is 5.32. The van der Waals surface area contributed by atoms with Crippen molar-refractivity contribution < 1.29 is 29.2 Å². The predicted molar refractivity (Wildman–Crippen MR) is 126 cm³/mol. The SMILES string of the molecule is COCc1c(C(C)C)nc(C(C)C)c(/C=C\[C@@H](O)C[C@H](O)CC(=O)O)c1-c1ccc(F)cc1. The minimum absolute atomic E-state index is 0.0627. The smallest absolute Gasteiger partial charge is 0.305 e. The Balaban J connectivity index is 2.69. The van der Waals surface area contributed by atoms with Crippen LogP contribution in [0.3, 0.4) is 0 Å². The fourth-order valence-corrected chi connectivity index (χ4v) is 3.85. The average Bonchev–Trinajstić information content (AvgIpc) is 2.72. The lowest BCUT2D eigenvalue weighted by molar-refractivity contribution is -0.139. The van der Waals surface area contributed by atoms with Gasteiger partial charge in [-0.15, -0.1) is 0 Å². The third kappa shape index (κ3) is 7.19. The van der Waals surface area contributed by atoms with E-state index >= 15 is 0 Å². The van der Waals surface area contributed by atoms with Crippen LogP contribution in [0, 0.1) is 5.82 Å². The van der Waals surface area contributed by atoms with Crippen LogP contribution in [0.25, 0.3) is 17.2 Å². The van der Waals surface area contributed by atoms with Crippen LogP contribution in [0.4, 0.5) is 4.39 Å². The number of carboxylic acids is 1. The Morgan fingerprint density at radius 2 is 1.70 bits per heavy atom. The number of rotatable bonds is 11. The third-order valence-corrected chi connectivity index (χ3v) is 5.32. The normalized spacial score (nSPS) is 13.8. The highest BCUT2D eigenvalue weighted by molar-refractivity contribution is 5.80. The quantitative estimate of drug-likeness (QED) is 0.443. The summed E-state index contributed by atoms with van der Waals surface area (Å²) in [6, 6.07) is 6.23. The monoisotopic (exact) mass is 459 g/mol. The molecule has 0 saturated carbocycles. The second kappa shape index (κ2) is 12.0. The number of nitrogens with zero attached hydrogens (tertiary/aromatic N) is 1. The topological polar surface area (TPSA) is 99.9 Å². The number of hydrogen-bond donors (Lipinski definition) is 3. The summed E-state index contributed by atoms with van der Waals surface area (Å²) in [7, 11) is 1.61. The highest BCUT2D eigenvalue weighted by atomic mass is 19.1. The fourth-order valence-electron chi connectivity index (χ4n) is 3.85. The van der Waals surface area contributed by atoms with Crippen LogP contribution in [-0.4, -0.2) is 45.6 Å². The van der Waals surface area contributed by atoms with Crippen LogP contribution in [0.5, 0.6) is 0 Å². The van der Waals surface area contributed by atoms with Gasteiger partial charge in [-0.1, -0.05) is 52.0 Å². The number of aliphatic hydroxyl groups is 2. The predicted octanol–water partition coefficient (Wildman–Crippen LogP) is 4.88. The first kappa shape index (κ1) is 26.6. The van der Waals surface area contributed by atoms with E-state index in [1.54, 1.807) is 25.3 Å². The molecule has 2 aromatic rings. The molecule has 0 aliphatic carbocycles. The van der Waals surface area contributed by atoms with Gasteiger partial charge in [-0.25, -0.2) is 4.39 Å². The van der Waals surface area contributed by atoms with E-state index in [0.29, 0.717) is 6.61 Å². The van der Waals surface area contributed by atoms with Crippen molar-refractivity contribution in [2.75, 3.05) is 7.11 Å². The van der Waals surface area contributed by atoms with Crippen molar-refractivity contribution in [1.82, 2.24) is 4.98 Å². The molecule has 0 aliphatic rings. The van der Waals surface area contributed by atoms with Crippen LogP contribution in [0.1, 0.15) is 74.9 Å². The highest BCUT2D eigenvalue weighted by Gasteiger charge is 2.23. The van der Waals surface area contributed by atoms with E-state index in [9.17, 15) is 19.4 Å². The number of aliphatic carboxylic acids is 1. The van der Waals surface area contributed by atoms with Gasteiger partial charge in [0.2, 0.25) is 0 Å². The summed E-state index contributed by atoms with van der Waals surface area (Å²) in [4.78, 5) is 15.8. The minimum atomic E-state index is -1.16. The first-order valence-electron chi connectivity index (χ1n) is 11.1. The van der Waals surface area contributed by atoms with Gasteiger partial charge in [-0.05, 0) is 35.1 Å². The van der Waals surface area contributed by atoms with Crippen molar-refractivity contribution >= 4 is 12.0 Å². The molecule has 33 heavy (non-hydrogen) atoms. The molecule has 0 radical (unpaired) electrons. The molecule has 1 aromatic heterocycles. The van der Waals surface area contributed by atoms with Gasteiger partial charge in [0.15, 0.2) is 0 Å². The van der Waals surface area contributed by atoms with Crippen LogP contribution in [0.15, 0.2) is 30.3 Å². The van der Waals surface area contributed by atoms with Crippen molar-refractivity contribution in [3.8, 4) is 11.1 Å². The molecule has 1 heterocycles. The first-order valence-corrected chi connectivity index (χ1v) is 11.1. The Labute approximate surface area is 194 Å². The number of benzene rings is 1. The Kier molecular flexibility index (Phi) is 9.70. The van der Waals surface area contributed by atoms with Crippen molar-refractivity contribution in [2.24, 2.45) is 0 Å². The summed E-state index contributed by atoms with van der Waals surface area (Å²) in [6.07, 6.45) is 0.541. The van der Waals surface area contributed by atoms with E-state index < -0.39 is 24.6 Å². The Morgan fingerprint density at radius 3 is 2.21 bits per heavy atom. The van der Waals surface area contributed by atoms with E-state index in [1.165, 1.54) is 18.2 Å². The molecule has 0 unspecified atom stereocenters. The maximum Gasteiger partial charge on any atom is 0.305 e. The number of pyridine rings is 1. The molecule has 0 bridgehead atoms. The van der Waals surface area contributed by atoms with E-state index in [-0.39, 0.29) is 24.1 Å². The molecular weight excluding hydrogens is 425 g/mol. The summed E-state index contributed by atoms with van der Waals surface area (Å²) >= 11 is 0. The Hall–Kier alpha value is -2.61. The molecule has 2 atom stereocenters. The standard InChI is InChI=1S/C26H34FNO5/c1-15(2)25-21(11-10-19(29)12-20(30)13-23(31)32)24(17-6-8-18(27)9-7-17)22(14-33-5)26(28-25)16(3)4/h6-11,15-16,19-20,29-30H,12-14H2,1-5H3,(H,31,32)/b11-10-/t19-,20+/m1/s1. The van der Waals surface area contributed by atoms with Gasteiger partial charge in [0.25, 0.3) is 0 Å². The number of methoxy groups -OCH3 is 1. The average molecular weight is 460 g/mol. The Bertz CT molecular complexity index is 970. The summed E-state index contributed by atoms with van der Waals surface area (Å²) < 4.78 is 19.2. The summed E-state index contributed by atoms with van der Waals surface area (Å²) in [5.41, 5.74) is 5.05. The number of aromatic nitrogens is 1. The van der Waals surface area contributed by atoms with Gasteiger partial charge in [0.05, 0.1) is 30.9 Å². The molecule has 0 saturated heterocycles. The maximum atomic E-state index is 13.7. The van der Waals surface area contributed by atoms with Crippen molar-refractivity contribution in [3.05, 3.63) is 58.7 Å². The molecule has 0 spiro atoms. The molecule has 0 fully saturated rings.